The van der Waals surface area contributed by atoms with Crippen LogP contribution in [0.1, 0.15) is 27.8 Å². The van der Waals surface area contributed by atoms with Gasteiger partial charge >= 0.3 is 0 Å². The van der Waals surface area contributed by atoms with Crippen LogP contribution in [0.2, 0.25) is 5.02 Å². The molecule has 1 aliphatic carbocycles. The lowest BCUT2D eigenvalue weighted by Gasteiger charge is -2.40. The van der Waals surface area contributed by atoms with Crippen molar-refractivity contribution in [3.8, 4) is 33.4 Å². The molecule has 0 atom stereocenters. The van der Waals surface area contributed by atoms with Crippen LogP contribution in [-0.4, -0.2) is 0 Å². The zero-order valence-corrected chi connectivity index (χ0v) is 29.8. The van der Waals surface area contributed by atoms with E-state index in [1.165, 1.54) is 85.6 Å². The summed E-state index contributed by atoms with van der Waals surface area (Å²) >= 11 is 13.8. The van der Waals surface area contributed by atoms with Crippen LogP contribution in [-0.2, 0) is 5.41 Å². The number of fused-ring (bicyclic) bond motifs is 12. The lowest BCUT2D eigenvalue weighted by Crippen LogP contribution is -2.32. The maximum absolute atomic E-state index is 6.41. The van der Waals surface area contributed by atoms with Gasteiger partial charge < -0.3 is 0 Å². The molecule has 0 N–H and O–H groups in total. The van der Waals surface area contributed by atoms with Gasteiger partial charge in [-0.1, -0.05) is 124 Å². The predicted molar refractivity (Wildman–Crippen MR) is 209 cm³/mol. The van der Waals surface area contributed by atoms with Crippen molar-refractivity contribution >= 4 is 70.8 Å². The van der Waals surface area contributed by atoms with E-state index in [-0.39, 0.29) is 0 Å². The van der Waals surface area contributed by atoms with E-state index < -0.39 is 5.41 Å². The third-order valence-corrected chi connectivity index (χ3v) is 13.2. The maximum Gasteiger partial charge on any atom is 0.0735 e. The third-order valence-electron chi connectivity index (χ3n) is 10.2. The van der Waals surface area contributed by atoms with Crippen molar-refractivity contribution in [2.45, 2.75) is 22.1 Å². The number of hydrogen-bond donors (Lipinski definition) is 0. The largest absolute Gasteiger partial charge is 0.135 e. The molecule has 0 nitrogen and oxygen atoms in total. The second kappa shape index (κ2) is 10.7. The molecule has 0 amide bonds. The molecule has 4 heteroatoms. The quantitative estimate of drug-likeness (QED) is 0.170. The molecule has 10 rings (SSSR count). The highest BCUT2D eigenvalue weighted by Crippen LogP contribution is 2.63. The summed E-state index contributed by atoms with van der Waals surface area (Å²) in [5.41, 5.74) is 13.8. The fraction of sp³-hybridized carbons (Fsp3) is 0.0455. The molecule has 228 valence electrons. The Balaban J connectivity index is 1.29. The van der Waals surface area contributed by atoms with Gasteiger partial charge in [-0.25, -0.2) is 0 Å². The van der Waals surface area contributed by atoms with Crippen molar-refractivity contribution in [3.63, 3.8) is 0 Å². The average molecular weight is 734 g/mol. The van der Waals surface area contributed by atoms with E-state index in [0.717, 1.165) is 15.1 Å². The smallest absolute Gasteiger partial charge is 0.0735 e. The van der Waals surface area contributed by atoms with Crippen LogP contribution in [0.4, 0.5) is 0 Å². The Kier molecular flexibility index (Phi) is 6.43. The van der Waals surface area contributed by atoms with Gasteiger partial charge in [0.2, 0.25) is 0 Å². The number of rotatable bonds is 2. The first kappa shape index (κ1) is 28.9. The minimum absolute atomic E-state index is 0.439. The summed E-state index contributed by atoms with van der Waals surface area (Å²) in [5.74, 6) is 0. The van der Waals surface area contributed by atoms with Gasteiger partial charge in [0.25, 0.3) is 0 Å². The van der Waals surface area contributed by atoms with Crippen LogP contribution in [0.15, 0.2) is 154 Å². The molecule has 48 heavy (non-hydrogen) atoms. The molecule has 1 spiro atoms. The Labute approximate surface area is 301 Å². The van der Waals surface area contributed by atoms with E-state index in [2.05, 4.69) is 150 Å². The molecule has 0 fully saturated rings. The maximum atomic E-state index is 6.41. The monoisotopic (exact) mass is 732 g/mol. The first-order valence-electron chi connectivity index (χ1n) is 16.0. The minimum atomic E-state index is -0.439. The lowest BCUT2D eigenvalue weighted by molar-refractivity contribution is 0.725. The Hall–Kier alpha value is -4.12. The number of aryl methyl sites for hydroxylation is 1. The number of thiophene rings is 1. The van der Waals surface area contributed by atoms with Gasteiger partial charge in [0.05, 0.1) is 5.41 Å². The van der Waals surface area contributed by atoms with Gasteiger partial charge in [0.15, 0.2) is 0 Å². The van der Waals surface area contributed by atoms with E-state index >= 15 is 0 Å². The zero-order chi connectivity index (χ0) is 32.1. The summed E-state index contributed by atoms with van der Waals surface area (Å²) < 4.78 is 3.72. The molecule has 0 radical (unpaired) electrons. The zero-order valence-electron chi connectivity index (χ0n) is 25.9. The summed E-state index contributed by atoms with van der Waals surface area (Å²) in [6.45, 7) is 2.26. The van der Waals surface area contributed by atoms with Crippen molar-refractivity contribution in [3.05, 3.63) is 177 Å². The second-order valence-corrected chi connectivity index (χ2v) is 16.3. The van der Waals surface area contributed by atoms with Gasteiger partial charge in [-0.3, -0.25) is 0 Å². The van der Waals surface area contributed by atoms with Crippen molar-refractivity contribution in [2.75, 3.05) is 0 Å². The molecule has 0 bridgehead atoms. The highest BCUT2D eigenvalue weighted by molar-refractivity contribution is 9.10. The van der Waals surface area contributed by atoms with Gasteiger partial charge in [-0.2, -0.15) is 0 Å². The number of hydrogen-bond acceptors (Lipinski definition) is 2. The summed E-state index contributed by atoms with van der Waals surface area (Å²) in [6.07, 6.45) is 0. The van der Waals surface area contributed by atoms with Gasteiger partial charge in [0.1, 0.15) is 0 Å². The first-order valence-corrected chi connectivity index (χ1v) is 18.8. The van der Waals surface area contributed by atoms with Crippen molar-refractivity contribution in [2.24, 2.45) is 0 Å². The van der Waals surface area contributed by atoms with Crippen LogP contribution in [0.25, 0.3) is 53.6 Å². The highest BCUT2D eigenvalue weighted by Gasteiger charge is 2.50. The van der Waals surface area contributed by atoms with Crippen LogP contribution < -0.4 is 0 Å². The topological polar surface area (TPSA) is 0 Å². The Morgan fingerprint density at radius 3 is 1.98 bits per heavy atom. The molecule has 0 saturated carbocycles. The van der Waals surface area contributed by atoms with Gasteiger partial charge in [-0.15, -0.1) is 11.3 Å². The highest BCUT2D eigenvalue weighted by atomic mass is 79.9. The normalized spacial score (nSPS) is 13.8. The van der Waals surface area contributed by atoms with E-state index in [9.17, 15) is 0 Å². The fourth-order valence-corrected chi connectivity index (χ4v) is 11.1. The Bertz CT molecular complexity index is 2590. The summed E-state index contributed by atoms with van der Waals surface area (Å²) in [5, 5.41) is 3.44. The van der Waals surface area contributed by atoms with E-state index in [0.29, 0.717) is 0 Å². The molecule has 2 heterocycles. The standard InChI is InChI=1S/C44H26BrClS2/c1-25-19-29(27-7-6-8-31(46)20-27)22-42-43(25)34-23-38-41(24-40(34)48-42)47-39-18-15-28(26-13-16-30(45)17-14-26)21-37(39)44(38)35-11-4-2-9-32(35)33-10-3-5-12-36(33)44/h2-24H,1H3. The van der Waals surface area contributed by atoms with Crippen LogP contribution in [0.5, 0.6) is 0 Å². The third kappa shape index (κ3) is 4.09. The van der Waals surface area contributed by atoms with Crippen molar-refractivity contribution in [1.82, 2.24) is 0 Å². The molecule has 1 aromatic heterocycles. The van der Waals surface area contributed by atoms with E-state index in [4.69, 9.17) is 11.6 Å². The van der Waals surface area contributed by atoms with Gasteiger partial charge in [-0.05, 0) is 123 Å². The van der Waals surface area contributed by atoms with Crippen LogP contribution in [0, 0.1) is 6.92 Å². The Morgan fingerprint density at radius 1 is 0.542 bits per heavy atom. The summed E-state index contributed by atoms with van der Waals surface area (Å²) in [7, 11) is 0. The van der Waals surface area contributed by atoms with Crippen molar-refractivity contribution < 1.29 is 0 Å². The molecular formula is C44H26BrClS2. The summed E-state index contributed by atoms with van der Waals surface area (Å²) in [6, 6.07) is 51.8. The molecular weight excluding hydrogens is 708 g/mol. The minimum Gasteiger partial charge on any atom is -0.135 e. The summed E-state index contributed by atoms with van der Waals surface area (Å²) in [4.78, 5) is 2.65. The van der Waals surface area contributed by atoms with Crippen LogP contribution in [0.3, 0.4) is 0 Å². The molecule has 8 aromatic rings. The molecule has 2 aliphatic rings. The fourth-order valence-electron chi connectivity index (χ4n) is 8.16. The predicted octanol–water partition coefficient (Wildman–Crippen LogP) is 13.9. The molecule has 7 aromatic carbocycles. The number of benzene rings is 7. The van der Waals surface area contributed by atoms with Gasteiger partial charge in [0, 0.05) is 39.5 Å². The molecule has 0 unspecified atom stereocenters. The first-order chi connectivity index (χ1) is 23.5. The second-order valence-electron chi connectivity index (χ2n) is 12.8. The molecule has 1 aliphatic heterocycles. The van der Waals surface area contributed by atoms with Crippen molar-refractivity contribution in [1.29, 1.82) is 0 Å². The number of halogens is 2. The van der Waals surface area contributed by atoms with E-state index in [1.807, 2.05) is 35.2 Å². The van der Waals surface area contributed by atoms with Crippen LogP contribution >= 0.6 is 50.6 Å². The van der Waals surface area contributed by atoms with E-state index in [1.54, 1.807) is 0 Å². The lowest BCUT2D eigenvalue weighted by atomic mass is 9.66. The average Bonchev–Trinajstić information content (AvgIpc) is 3.62. The Morgan fingerprint density at radius 2 is 1.23 bits per heavy atom. The molecule has 0 saturated heterocycles. The SMILES string of the molecule is Cc1cc(-c2cccc(Cl)c2)cc2sc3cc4c(cc3c12)C1(c2cc(-c3ccc(Br)cc3)ccc2S4)c2ccccc2-c2ccccc21.